The van der Waals surface area contributed by atoms with E-state index in [1.807, 2.05) is 4.90 Å². The third-order valence-electron chi connectivity index (χ3n) is 8.78. The van der Waals surface area contributed by atoms with Gasteiger partial charge in [0.15, 0.2) is 15.7 Å². The first-order valence-corrected chi connectivity index (χ1v) is 16.3. The minimum atomic E-state index is -4.61. The number of hydrogen-bond acceptors (Lipinski definition) is 7. The second-order valence-electron chi connectivity index (χ2n) is 12.0. The monoisotopic (exact) mass is 648 g/mol. The van der Waals surface area contributed by atoms with E-state index in [0.717, 1.165) is 17.8 Å². The summed E-state index contributed by atoms with van der Waals surface area (Å²) in [5.74, 6) is -5.53. The number of amides is 1. The van der Waals surface area contributed by atoms with Crippen molar-refractivity contribution in [3.63, 3.8) is 0 Å². The predicted molar refractivity (Wildman–Crippen MR) is 153 cm³/mol. The lowest BCUT2D eigenvalue weighted by atomic mass is 9.74. The SMILES string of the molecule is N#CC1(NC(=O)[C@@H]2CCC(F)(F)C[C@H]2c2nn(-c3ccc(C(F)(F)F)cn3)cc2-c2ccc(N3CCS(=O)(=O)CC3)cc2)CC1. The van der Waals surface area contributed by atoms with E-state index >= 15 is 0 Å². The number of alkyl halides is 5. The van der Waals surface area contributed by atoms with Crippen molar-refractivity contribution in [3.05, 3.63) is 60.0 Å². The maximum Gasteiger partial charge on any atom is 0.417 e. The van der Waals surface area contributed by atoms with Crippen LogP contribution in [0.15, 0.2) is 48.8 Å². The number of anilines is 1. The van der Waals surface area contributed by atoms with Gasteiger partial charge in [-0.05, 0) is 49.1 Å². The second kappa shape index (κ2) is 11.1. The van der Waals surface area contributed by atoms with Crippen LogP contribution in [0, 0.1) is 17.2 Å². The quantitative estimate of drug-likeness (QED) is 0.379. The summed E-state index contributed by atoms with van der Waals surface area (Å²) in [6.45, 7) is 0.644. The highest BCUT2D eigenvalue weighted by Crippen LogP contribution is 2.48. The van der Waals surface area contributed by atoms with Gasteiger partial charge in [0, 0.05) is 61.4 Å². The summed E-state index contributed by atoms with van der Waals surface area (Å²) < 4.78 is 94.3. The Morgan fingerprint density at radius 2 is 1.73 bits per heavy atom. The lowest BCUT2D eigenvalue weighted by Gasteiger charge is -2.35. The molecule has 6 rings (SSSR count). The molecule has 3 heterocycles. The molecule has 2 aromatic heterocycles. The highest BCUT2D eigenvalue weighted by atomic mass is 32.2. The first-order valence-electron chi connectivity index (χ1n) is 14.5. The second-order valence-corrected chi connectivity index (χ2v) is 14.3. The van der Waals surface area contributed by atoms with Crippen molar-refractivity contribution in [2.75, 3.05) is 29.5 Å². The van der Waals surface area contributed by atoms with Crippen molar-refractivity contribution in [1.29, 1.82) is 5.26 Å². The molecule has 0 bridgehead atoms. The summed E-state index contributed by atoms with van der Waals surface area (Å²) in [4.78, 5) is 19.3. The fourth-order valence-electron chi connectivity index (χ4n) is 5.97. The van der Waals surface area contributed by atoms with Crippen LogP contribution in [0.1, 0.15) is 49.3 Å². The summed E-state index contributed by atoms with van der Waals surface area (Å²) in [6, 6.07) is 11.1. The molecule has 3 aromatic rings. The first-order chi connectivity index (χ1) is 21.2. The van der Waals surface area contributed by atoms with E-state index < -0.39 is 63.6 Å². The number of carbonyl (C=O) groups is 1. The van der Waals surface area contributed by atoms with Gasteiger partial charge in [-0.25, -0.2) is 26.9 Å². The molecule has 238 valence electrons. The average molecular weight is 649 g/mol. The molecule has 2 aliphatic carbocycles. The number of pyridine rings is 1. The van der Waals surface area contributed by atoms with Crippen LogP contribution in [0.3, 0.4) is 0 Å². The van der Waals surface area contributed by atoms with Gasteiger partial charge < -0.3 is 10.2 Å². The number of nitrogens with one attached hydrogen (secondary N) is 1. The normalized spacial score (nSPS) is 23.6. The minimum absolute atomic E-state index is 0.0200. The van der Waals surface area contributed by atoms with Crippen LogP contribution in [0.25, 0.3) is 16.9 Å². The van der Waals surface area contributed by atoms with Gasteiger partial charge in [0.25, 0.3) is 0 Å². The van der Waals surface area contributed by atoms with E-state index in [-0.39, 0.29) is 29.4 Å². The van der Waals surface area contributed by atoms with Crippen molar-refractivity contribution >= 4 is 21.4 Å². The molecule has 1 aliphatic heterocycles. The van der Waals surface area contributed by atoms with E-state index in [4.69, 9.17) is 0 Å². The molecular weight excluding hydrogens is 619 g/mol. The molecule has 1 saturated heterocycles. The van der Waals surface area contributed by atoms with Gasteiger partial charge in [0.05, 0.1) is 28.8 Å². The summed E-state index contributed by atoms with van der Waals surface area (Å²) in [6.07, 6.45) is -2.86. The van der Waals surface area contributed by atoms with Crippen LogP contribution in [0.2, 0.25) is 0 Å². The lowest BCUT2D eigenvalue weighted by Crippen LogP contribution is -2.45. The maximum atomic E-state index is 14.9. The maximum absolute atomic E-state index is 14.9. The van der Waals surface area contributed by atoms with E-state index in [1.165, 1.54) is 10.9 Å². The van der Waals surface area contributed by atoms with Gasteiger partial charge in [-0.3, -0.25) is 4.79 Å². The lowest BCUT2D eigenvalue weighted by molar-refractivity contribution is -0.138. The Balaban J connectivity index is 1.39. The molecule has 2 saturated carbocycles. The van der Waals surface area contributed by atoms with Crippen molar-refractivity contribution in [1.82, 2.24) is 20.1 Å². The fourth-order valence-corrected chi connectivity index (χ4v) is 7.17. The zero-order chi connectivity index (χ0) is 32.2. The zero-order valence-electron chi connectivity index (χ0n) is 23.9. The van der Waals surface area contributed by atoms with E-state index in [9.17, 15) is 40.4 Å². The molecule has 3 aliphatic rings. The Kier molecular flexibility index (Phi) is 7.62. The number of rotatable bonds is 6. The molecule has 0 spiro atoms. The summed E-state index contributed by atoms with van der Waals surface area (Å²) in [5, 5.41) is 16.8. The van der Waals surface area contributed by atoms with Crippen molar-refractivity contribution < 1.29 is 35.2 Å². The highest BCUT2D eigenvalue weighted by Gasteiger charge is 2.50. The molecule has 9 nitrogen and oxygen atoms in total. The molecule has 0 unspecified atom stereocenters. The van der Waals surface area contributed by atoms with Gasteiger partial charge in [0.1, 0.15) is 5.54 Å². The molecule has 3 fully saturated rings. The van der Waals surface area contributed by atoms with E-state index in [0.29, 0.717) is 43.3 Å². The fraction of sp³-hybridized carbons (Fsp3) is 0.467. The number of hydrogen-bond donors (Lipinski definition) is 1. The van der Waals surface area contributed by atoms with Gasteiger partial charge in [-0.1, -0.05) is 12.1 Å². The summed E-state index contributed by atoms with van der Waals surface area (Å²) in [5.41, 5.74) is -0.0892. The number of aromatic nitrogens is 3. The van der Waals surface area contributed by atoms with E-state index in [2.05, 4.69) is 21.5 Å². The Bertz CT molecular complexity index is 1730. The van der Waals surface area contributed by atoms with Crippen LogP contribution >= 0.6 is 0 Å². The molecular formula is C30H29F5N6O3S. The van der Waals surface area contributed by atoms with Crippen molar-refractivity contribution in [2.45, 2.75) is 55.7 Å². The molecule has 2 atom stereocenters. The summed E-state index contributed by atoms with van der Waals surface area (Å²) in [7, 11) is -3.09. The van der Waals surface area contributed by atoms with Gasteiger partial charge in [-0.2, -0.15) is 23.5 Å². The van der Waals surface area contributed by atoms with Crippen LogP contribution in [-0.2, 0) is 20.8 Å². The Morgan fingerprint density at radius 1 is 1.04 bits per heavy atom. The van der Waals surface area contributed by atoms with Crippen molar-refractivity contribution in [3.8, 4) is 23.0 Å². The Hall–Kier alpha value is -4.06. The number of carbonyl (C=O) groups excluding carboxylic acids is 1. The van der Waals surface area contributed by atoms with Gasteiger partial charge in [0.2, 0.25) is 11.8 Å². The van der Waals surface area contributed by atoms with Gasteiger partial charge in [-0.15, -0.1) is 0 Å². The third-order valence-corrected chi connectivity index (χ3v) is 10.4. The number of sulfone groups is 1. The molecule has 1 aromatic carbocycles. The highest BCUT2D eigenvalue weighted by molar-refractivity contribution is 7.91. The standard InChI is InChI=1S/C30H29F5N6O3S/c31-29(32)8-7-22(27(42)38-28(18-36)9-10-28)23(15-29)26-24(17-41(39-26)25-6-3-20(16-37-25)30(33,34)35)19-1-4-21(5-2-19)40-11-13-45(43,44)14-12-40/h1-6,16-17,22-23H,7-15H2,(H,38,42)/t22-,23-/m1/s1. The van der Waals surface area contributed by atoms with Crippen LogP contribution in [-0.4, -0.2) is 65.1 Å². The molecule has 1 amide bonds. The smallest absolute Gasteiger partial charge is 0.369 e. The number of halogens is 5. The molecule has 0 radical (unpaired) electrons. The van der Waals surface area contributed by atoms with Crippen LogP contribution < -0.4 is 10.2 Å². The number of nitrogens with zero attached hydrogens (tertiary/aromatic N) is 5. The van der Waals surface area contributed by atoms with Crippen LogP contribution in [0.5, 0.6) is 0 Å². The molecule has 1 N–H and O–H groups in total. The third kappa shape index (κ3) is 6.51. The average Bonchev–Trinajstić information content (AvgIpc) is 3.62. The summed E-state index contributed by atoms with van der Waals surface area (Å²) >= 11 is 0. The first kappa shape index (κ1) is 30.9. The minimum Gasteiger partial charge on any atom is -0.369 e. The van der Waals surface area contributed by atoms with Crippen LogP contribution in [0.4, 0.5) is 27.6 Å². The van der Waals surface area contributed by atoms with Gasteiger partial charge >= 0.3 is 6.18 Å². The Labute approximate surface area is 256 Å². The molecule has 45 heavy (non-hydrogen) atoms. The molecule has 15 heteroatoms. The number of benzene rings is 1. The zero-order valence-corrected chi connectivity index (χ0v) is 24.7. The Morgan fingerprint density at radius 3 is 2.31 bits per heavy atom. The predicted octanol–water partition coefficient (Wildman–Crippen LogP) is 4.88. The van der Waals surface area contributed by atoms with E-state index in [1.54, 1.807) is 24.3 Å². The number of nitriles is 1. The topological polar surface area (TPSA) is 121 Å². The largest absolute Gasteiger partial charge is 0.417 e. The van der Waals surface area contributed by atoms with Crippen molar-refractivity contribution in [2.24, 2.45) is 5.92 Å².